The summed E-state index contributed by atoms with van der Waals surface area (Å²) in [6.07, 6.45) is 0. The molecule has 0 aromatic heterocycles. The van der Waals surface area contributed by atoms with Crippen molar-refractivity contribution in [1.82, 2.24) is 0 Å². The molecule has 3 aromatic rings. The van der Waals surface area contributed by atoms with Crippen LogP contribution in [0.5, 0.6) is 0 Å². The fraction of sp³-hybridized carbons (Fsp3) is 0.273. The normalized spacial score (nSPS) is 24.8. The Kier molecular flexibility index (Phi) is 1.85. The van der Waals surface area contributed by atoms with Crippen LogP contribution in [0, 0.1) is 0 Å². The monoisotopic (exact) mass is 341 g/mol. The average Bonchev–Trinajstić information content (AvgIpc) is 3.01. The van der Waals surface area contributed by atoms with Gasteiger partial charge in [-0.25, -0.2) is 0 Å². The zero-order valence-corrected chi connectivity index (χ0v) is 14.4. The fourth-order valence-electron chi connectivity index (χ4n) is 2.56. The van der Waals surface area contributed by atoms with Crippen molar-refractivity contribution in [3.8, 4) is 11.1 Å². The molecule has 0 atom stereocenters. The zero-order chi connectivity index (χ0) is 27.2. The van der Waals surface area contributed by atoms with Gasteiger partial charge in [0.05, 0.1) is 26.3 Å². The molecule has 0 unspecified atom stereocenters. The molecular weight excluding hydrogens is 307 g/mol. The van der Waals surface area contributed by atoms with Crippen LogP contribution >= 0.6 is 0 Å². The summed E-state index contributed by atoms with van der Waals surface area (Å²) in [5, 5.41) is -0.408. The maximum absolute atomic E-state index is 8.99. The van der Waals surface area contributed by atoms with Crippen LogP contribution in [-0.2, 0) is 9.31 Å². The van der Waals surface area contributed by atoms with Crippen molar-refractivity contribution in [1.29, 1.82) is 0 Å². The van der Waals surface area contributed by atoms with Crippen LogP contribution in [-0.4, -0.2) is 18.3 Å². The molecule has 1 saturated heterocycles. The van der Waals surface area contributed by atoms with Crippen molar-refractivity contribution in [2.24, 2.45) is 0 Å². The molecule has 3 heteroatoms. The van der Waals surface area contributed by atoms with E-state index in [2.05, 4.69) is 0 Å². The first-order valence-corrected chi connectivity index (χ1v) is 7.92. The molecule has 0 radical (unpaired) electrons. The van der Waals surface area contributed by atoms with E-state index in [4.69, 9.17) is 24.4 Å². The Labute approximate surface area is 165 Å². The van der Waals surface area contributed by atoms with Gasteiger partial charge in [-0.15, -0.1) is 0 Å². The van der Waals surface area contributed by atoms with E-state index in [-0.39, 0.29) is 16.2 Å². The van der Waals surface area contributed by atoms with Crippen molar-refractivity contribution in [3.05, 3.63) is 66.5 Å². The fourth-order valence-corrected chi connectivity index (χ4v) is 2.56. The molecule has 1 aliphatic rings. The molecule has 1 heterocycles. The van der Waals surface area contributed by atoms with Gasteiger partial charge in [0.15, 0.2) is 0 Å². The summed E-state index contributed by atoms with van der Waals surface area (Å²) in [5.41, 5.74) is -2.63. The third-order valence-electron chi connectivity index (χ3n) is 4.71. The molecule has 0 amide bonds. The average molecular weight is 341 g/mol. The van der Waals surface area contributed by atoms with Gasteiger partial charge in [0.25, 0.3) is 0 Å². The SMILES string of the molecule is [2H]c1c([2H])c([2H])c(-c2c([2H])c([2H])c3c([2H])c([2H])c([2H])c(B4OC(C)(C)C(C)(C)O4)c3c2[2H])c([2H])c1[2H]. The number of hydrogen-bond donors (Lipinski definition) is 0. The van der Waals surface area contributed by atoms with Gasteiger partial charge >= 0.3 is 7.12 Å². The maximum Gasteiger partial charge on any atom is 0.495 e. The first-order chi connectivity index (χ1) is 16.5. The molecule has 0 saturated carbocycles. The molecule has 1 aliphatic heterocycles. The molecule has 0 spiro atoms. The van der Waals surface area contributed by atoms with E-state index >= 15 is 0 Å². The van der Waals surface area contributed by atoms with Crippen molar-refractivity contribution in [2.75, 3.05) is 0 Å². The Bertz CT molecular complexity index is 1420. The van der Waals surface area contributed by atoms with Gasteiger partial charge in [0, 0.05) is 0 Å². The molecule has 0 N–H and O–H groups in total. The van der Waals surface area contributed by atoms with Crippen LogP contribution in [0.1, 0.15) is 42.8 Å². The maximum atomic E-state index is 8.99. The highest BCUT2D eigenvalue weighted by Gasteiger charge is 2.52. The lowest BCUT2D eigenvalue weighted by molar-refractivity contribution is 0.00578. The molecular formula is C22H23BO2. The number of fused-ring (bicyclic) bond motifs is 1. The van der Waals surface area contributed by atoms with Crippen LogP contribution < -0.4 is 5.46 Å². The van der Waals surface area contributed by atoms with Gasteiger partial charge in [0.2, 0.25) is 0 Å². The van der Waals surface area contributed by atoms with Gasteiger partial charge in [-0.3, -0.25) is 0 Å². The third kappa shape index (κ3) is 2.78. The topological polar surface area (TPSA) is 18.5 Å². The Morgan fingerprint density at radius 1 is 0.760 bits per heavy atom. The number of rotatable bonds is 2. The molecule has 3 aromatic carbocycles. The summed E-state index contributed by atoms with van der Waals surface area (Å²) >= 11 is 0. The van der Waals surface area contributed by atoms with E-state index < -0.39 is 95.9 Å². The van der Waals surface area contributed by atoms with Gasteiger partial charge in [-0.05, 0) is 61.1 Å². The second kappa shape index (κ2) is 5.72. The van der Waals surface area contributed by atoms with E-state index in [0.29, 0.717) is 0 Å². The van der Waals surface area contributed by atoms with Gasteiger partial charge in [-0.1, -0.05) is 60.4 Å². The van der Waals surface area contributed by atoms with E-state index in [0.717, 1.165) is 0 Å². The predicted octanol–water partition coefficient (Wildman–Crippen LogP) is 4.81. The van der Waals surface area contributed by atoms with E-state index in [1.165, 1.54) is 0 Å². The highest BCUT2D eigenvalue weighted by molar-refractivity contribution is 6.65. The van der Waals surface area contributed by atoms with Gasteiger partial charge in [-0.2, -0.15) is 0 Å². The first-order valence-electron chi connectivity index (χ1n) is 13.4. The molecule has 0 bridgehead atoms. The lowest BCUT2D eigenvalue weighted by Gasteiger charge is -2.32. The van der Waals surface area contributed by atoms with E-state index in [1.54, 1.807) is 27.7 Å². The second-order valence-electron chi connectivity index (χ2n) is 6.88. The van der Waals surface area contributed by atoms with Crippen molar-refractivity contribution in [3.63, 3.8) is 0 Å². The summed E-state index contributed by atoms with van der Waals surface area (Å²) in [4.78, 5) is 0. The van der Waals surface area contributed by atoms with Crippen molar-refractivity contribution in [2.45, 2.75) is 38.9 Å². The van der Waals surface area contributed by atoms with Crippen LogP contribution in [0.4, 0.5) is 0 Å². The Morgan fingerprint density at radius 3 is 2.12 bits per heavy atom. The Hall–Kier alpha value is -2.10. The lowest BCUT2D eigenvalue weighted by atomic mass is 9.75. The van der Waals surface area contributed by atoms with Crippen molar-refractivity contribution < 1.29 is 24.4 Å². The summed E-state index contributed by atoms with van der Waals surface area (Å²) in [6.45, 7) is 7.10. The highest BCUT2D eigenvalue weighted by Crippen LogP contribution is 2.37. The standard InChI is InChI=1S/C22H23BO2/c1-21(2)22(3,4)25-23(24-21)20-12-8-11-17-13-14-18(15-19(17)20)16-9-6-5-7-10-16/h5-15H,1-4H3/i5D,6D,7D,8D,9D,10D,11D,12D,13D,14D,15D. The van der Waals surface area contributed by atoms with Crippen LogP contribution in [0.2, 0.25) is 0 Å². The molecule has 1 fully saturated rings. The van der Waals surface area contributed by atoms with E-state index in [9.17, 15) is 0 Å². The van der Waals surface area contributed by atoms with Crippen LogP contribution in [0.25, 0.3) is 21.9 Å². The summed E-state index contributed by atoms with van der Waals surface area (Å²) < 4.78 is 104. The highest BCUT2D eigenvalue weighted by atomic mass is 16.7. The second-order valence-corrected chi connectivity index (χ2v) is 6.88. The minimum absolute atomic E-state index is 0.0863. The molecule has 2 nitrogen and oxygen atoms in total. The van der Waals surface area contributed by atoms with Gasteiger partial charge in [0.1, 0.15) is 0 Å². The summed E-state index contributed by atoms with van der Waals surface area (Å²) in [6, 6.07) is -6.49. The van der Waals surface area contributed by atoms with Crippen LogP contribution in [0.3, 0.4) is 0 Å². The van der Waals surface area contributed by atoms with E-state index in [1.807, 2.05) is 0 Å². The Balaban J connectivity index is 2.21. The number of benzene rings is 3. The lowest BCUT2D eigenvalue weighted by Crippen LogP contribution is -2.41. The third-order valence-corrected chi connectivity index (χ3v) is 4.71. The molecule has 25 heavy (non-hydrogen) atoms. The Morgan fingerprint density at radius 2 is 1.44 bits per heavy atom. The first kappa shape index (κ1) is 8.07. The predicted molar refractivity (Wildman–Crippen MR) is 105 cm³/mol. The summed E-state index contributed by atoms with van der Waals surface area (Å²) in [7, 11) is -1.25. The van der Waals surface area contributed by atoms with Crippen LogP contribution in [0.15, 0.2) is 66.5 Å². The molecule has 4 rings (SSSR count). The largest absolute Gasteiger partial charge is 0.495 e. The molecule has 0 aliphatic carbocycles. The minimum Gasteiger partial charge on any atom is -0.399 e. The van der Waals surface area contributed by atoms with Gasteiger partial charge < -0.3 is 9.31 Å². The minimum atomic E-state index is -1.25. The summed E-state index contributed by atoms with van der Waals surface area (Å²) in [5.74, 6) is 0. The quantitative estimate of drug-likeness (QED) is 0.623. The number of hydrogen-bond acceptors (Lipinski definition) is 2. The van der Waals surface area contributed by atoms with Crippen molar-refractivity contribution >= 4 is 23.4 Å². The zero-order valence-electron chi connectivity index (χ0n) is 25.4. The smallest absolute Gasteiger partial charge is 0.399 e. The molecule has 126 valence electrons.